The van der Waals surface area contributed by atoms with E-state index in [1.165, 1.54) is 18.1 Å². The number of ether oxygens (including phenoxy) is 1. The van der Waals surface area contributed by atoms with Crippen LogP contribution in [0, 0.1) is 0 Å². The first kappa shape index (κ1) is 18.9. The lowest BCUT2D eigenvalue weighted by atomic mass is 10.1. The van der Waals surface area contributed by atoms with E-state index < -0.39 is 36.6 Å². The molecule has 142 valence electrons. The number of hydrogen-bond donors (Lipinski definition) is 5. The topological polar surface area (TPSA) is 170 Å². The van der Waals surface area contributed by atoms with Crippen LogP contribution < -0.4 is 11.5 Å². The quantitative estimate of drug-likeness (QED) is 0.380. The molecule has 0 aromatic carbocycles. The maximum atomic E-state index is 10.7. The van der Waals surface area contributed by atoms with Gasteiger partial charge in [0.1, 0.15) is 36.0 Å². The Kier molecular flexibility index (Phi) is 5.63. The molecule has 1 unspecified atom stereocenters. The van der Waals surface area contributed by atoms with Crippen LogP contribution >= 0.6 is 11.8 Å². The Morgan fingerprint density at radius 1 is 1.38 bits per heavy atom. The largest absolute Gasteiger partial charge is 0.480 e. The van der Waals surface area contributed by atoms with Crippen molar-refractivity contribution >= 4 is 34.6 Å². The summed E-state index contributed by atoms with van der Waals surface area (Å²) in [6.07, 6.45) is -0.289. The molecule has 2 aromatic rings. The number of nitrogens with two attached hydrogens (primary N) is 2. The number of carbonyl (C=O) groups is 1. The van der Waals surface area contributed by atoms with Crippen LogP contribution in [0.15, 0.2) is 18.6 Å². The van der Waals surface area contributed by atoms with E-state index >= 15 is 0 Å². The summed E-state index contributed by atoms with van der Waals surface area (Å²) in [4.78, 5) is 18.8. The second-order valence-electron chi connectivity index (χ2n) is 6.07. The van der Waals surface area contributed by atoms with E-state index in [2.05, 4.69) is 9.97 Å². The number of carboxylic acids is 1. The normalized spacial score (nSPS) is 27.0. The molecule has 10 nitrogen and oxygen atoms in total. The van der Waals surface area contributed by atoms with E-state index in [4.69, 9.17) is 21.3 Å². The van der Waals surface area contributed by atoms with Gasteiger partial charge >= 0.3 is 5.97 Å². The molecule has 1 saturated heterocycles. The molecule has 0 saturated carbocycles. The molecule has 0 bridgehead atoms. The predicted molar refractivity (Wildman–Crippen MR) is 95.4 cm³/mol. The zero-order valence-corrected chi connectivity index (χ0v) is 14.6. The summed E-state index contributed by atoms with van der Waals surface area (Å²) >= 11 is 1.41. The average Bonchev–Trinajstić information content (AvgIpc) is 3.15. The maximum Gasteiger partial charge on any atom is 0.320 e. The highest BCUT2D eigenvalue weighted by atomic mass is 32.2. The molecule has 0 spiro atoms. The molecule has 0 amide bonds. The van der Waals surface area contributed by atoms with Crippen LogP contribution in [-0.4, -0.2) is 71.7 Å². The zero-order chi connectivity index (χ0) is 18.8. The Morgan fingerprint density at radius 3 is 2.88 bits per heavy atom. The summed E-state index contributed by atoms with van der Waals surface area (Å²) in [5.41, 5.74) is 11.8. The third-order valence-electron chi connectivity index (χ3n) is 4.32. The Labute approximate surface area is 153 Å². The van der Waals surface area contributed by atoms with Gasteiger partial charge < -0.3 is 36.1 Å². The molecule has 3 heterocycles. The number of aliphatic hydroxyl groups excluding tert-OH is 2. The highest BCUT2D eigenvalue weighted by Crippen LogP contribution is 2.34. The zero-order valence-electron chi connectivity index (χ0n) is 13.8. The number of aliphatic hydroxyl groups is 2. The van der Waals surface area contributed by atoms with Gasteiger partial charge in [-0.25, -0.2) is 9.97 Å². The Balaban J connectivity index is 1.64. The van der Waals surface area contributed by atoms with E-state index in [-0.39, 0.29) is 0 Å². The van der Waals surface area contributed by atoms with Gasteiger partial charge in [0.15, 0.2) is 6.23 Å². The van der Waals surface area contributed by atoms with E-state index in [0.717, 1.165) is 0 Å². The van der Waals surface area contributed by atoms with Crippen molar-refractivity contribution in [2.24, 2.45) is 5.73 Å². The van der Waals surface area contributed by atoms with Crippen molar-refractivity contribution in [3.05, 3.63) is 18.6 Å². The van der Waals surface area contributed by atoms with Crippen LogP contribution in [0.25, 0.3) is 11.0 Å². The molecule has 3 rings (SSSR count). The maximum absolute atomic E-state index is 10.7. The predicted octanol–water partition coefficient (Wildman–Crippen LogP) is -0.832. The Bertz CT molecular complexity index is 787. The highest BCUT2D eigenvalue weighted by molar-refractivity contribution is 7.99. The van der Waals surface area contributed by atoms with Crippen molar-refractivity contribution in [2.45, 2.75) is 37.0 Å². The van der Waals surface area contributed by atoms with E-state index in [1.807, 2.05) is 0 Å². The summed E-state index contributed by atoms with van der Waals surface area (Å²) in [6, 6.07) is 0.814. The van der Waals surface area contributed by atoms with Gasteiger partial charge in [-0.2, -0.15) is 11.8 Å². The van der Waals surface area contributed by atoms with Gasteiger partial charge in [0.25, 0.3) is 0 Å². The summed E-state index contributed by atoms with van der Waals surface area (Å²) in [5.74, 6) is 0.191. The summed E-state index contributed by atoms with van der Waals surface area (Å²) in [6.45, 7) is 0. The third-order valence-corrected chi connectivity index (χ3v) is 5.41. The number of aromatic nitrogens is 3. The van der Waals surface area contributed by atoms with Crippen LogP contribution in [0.5, 0.6) is 0 Å². The molecule has 11 heteroatoms. The molecule has 1 aliphatic rings. The lowest BCUT2D eigenvalue weighted by molar-refractivity contribution is -0.138. The molecule has 1 aliphatic heterocycles. The molecule has 7 N–H and O–H groups in total. The van der Waals surface area contributed by atoms with Crippen LogP contribution in [-0.2, 0) is 9.53 Å². The minimum Gasteiger partial charge on any atom is -0.480 e. The van der Waals surface area contributed by atoms with Gasteiger partial charge in [-0.3, -0.25) is 4.79 Å². The van der Waals surface area contributed by atoms with E-state index in [0.29, 0.717) is 34.8 Å². The lowest BCUT2D eigenvalue weighted by Crippen LogP contribution is -2.33. The minimum atomic E-state index is -1.13. The first-order valence-corrected chi connectivity index (χ1v) is 9.20. The SMILES string of the molecule is Nc1ncnc2c1ccn2[C@@H]1O[C@H](CSCCC(N)C(=O)O)[C@@H](O)[C@H]1O. The molecular weight excluding hydrogens is 362 g/mol. The number of nitrogen functional groups attached to an aromatic ring is 1. The Hall–Kier alpha value is -1.92. The lowest BCUT2D eigenvalue weighted by Gasteiger charge is -2.17. The van der Waals surface area contributed by atoms with E-state index in [9.17, 15) is 15.0 Å². The van der Waals surface area contributed by atoms with Gasteiger partial charge in [-0.15, -0.1) is 0 Å². The van der Waals surface area contributed by atoms with Crippen molar-refractivity contribution in [1.82, 2.24) is 14.5 Å². The third kappa shape index (κ3) is 3.62. The fourth-order valence-corrected chi connectivity index (χ4v) is 3.92. The monoisotopic (exact) mass is 383 g/mol. The van der Waals surface area contributed by atoms with Gasteiger partial charge in [0.05, 0.1) is 11.5 Å². The smallest absolute Gasteiger partial charge is 0.320 e. The first-order chi connectivity index (χ1) is 12.4. The first-order valence-electron chi connectivity index (χ1n) is 8.05. The standard InChI is InChI=1S/C15H21N5O5S/c16-8(15(23)24)2-4-26-5-9-10(21)11(22)14(25-9)20-3-1-7-12(17)18-6-19-13(7)20/h1,3,6,8-11,14,21-22H,2,4-5,16H2,(H,23,24)(H2,17,18,19)/t8?,9-,10-,11-,14-/m1/s1. The fraction of sp³-hybridized carbons (Fsp3) is 0.533. The van der Waals surface area contributed by atoms with Crippen molar-refractivity contribution in [2.75, 3.05) is 17.2 Å². The van der Waals surface area contributed by atoms with Gasteiger partial charge in [-0.05, 0) is 18.2 Å². The molecular formula is C15H21N5O5S. The number of carboxylic acid groups (broad SMARTS) is 1. The molecule has 2 aromatic heterocycles. The van der Waals surface area contributed by atoms with Gasteiger partial charge in [0.2, 0.25) is 0 Å². The number of rotatable bonds is 7. The highest BCUT2D eigenvalue weighted by Gasteiger charge is 2.43. The van der Waals surface area contributed by atoms with Gasteiger partial charge in [-0.1, -0.05) is 0 Å². The average molecular weight is 383 g/mol. The fourth-order valence-electron chi connectivity index (χ4n) is 2.83. The minimum absolute atomic E-state index is 0.313. The molecule has 1 fully saturated rings. The number of nitrogens with zero attached hydrogens (tertiary/aromatic N) is 3. The van der Waals surface area contributed by atoms with Gasteiger partial charge in [0, 0.05) is 11.9 Å². The van der Waals surface area contributed by atoms with Crippen LogP contribution in [0.2, 0.25) is 0 Å². The van der Waals surface area contributed by atoms with Crippen LogP contribution in [0.1, 0.15) is 12.6 Å². The van der Waals surface area contributed by atoms with Crippen LogP contribution in [0.4, 0.5) is 5.82 Å². The van der Waals surface area contributed by atoms with E-state index in [1.54, 1.807) is 16.8 Å². The summed E-state index contributed by atoms with van der Waals surface area (Å²) in [7, 11) is 0. The number of anilines is 1. The molecule has 0 aliphatic carbocycles. The molecule has 26 heavy (non-hydrogen) atoms. The van der Waals surface area contributed by atoms with Crippen molar-refractivity contribution in [1.29, 1.82) is 0 Å². The second kappa shape index (κ2) is 7.76. The summed E-state index contributed by atoms with van der Waals surface area (Å²) < 4.78 is 7.44. The van der Waals surface area contributed by atoms with Crippen molar-refractivity contribution < 1.29 is 24.9 Å². The number of hydrogen-bond acceptors (Lipinski definition) is 9. The van der Waals surface area contributed by atoms with Crippen LogP contribution in [0.3, 0.4) is 0 Å². The second-order valence-corrected chi connectivity index (χ2v) is 7.22. The van der Waals surface area contributed by atoms with Crippen molar-refractivity contribution in [3.8, 4) is 0 Å². The number of fused-ring (bicyclic) bond motifs is 1. The summed E-state index contributed by atoms with van der Waals surface area (Å²) in [5, 5.41) is 30.0. The molecule has 0 radical (unpaired) electrons. The number of aliphatic carboxylic acids is 1. The molecule has 5 atom stereocenters. The number of thioether (sulfide) groups is 1. The van der Waals surface area contributed by atoms with Crippen molar-refractivity contribution in [3.63, 3.8) is 0 Å². The Morgan fingerprint density at radius 2 is 2.15 bits per heavy atom.